The summed E-state index contributed by atoms with van der Waals surface area (Å²) in [7, 11) is 0. The van der Waals surface area contributed by atoms with Gasteiger partial charge in [0.15, 0.2) is 0 Å². The summed E-state index contributed by atoms with van der Waals surface area (Å²) in [6, 6.07) is 13.8. The molecule has 2 aromatic heterocycles. The number of benzene rings is 1. The van der Waals surface area contributed by atoms with Crippen molar-refractivity contribution in [2.24, 2.45) is 0 Å². The second-order valence-electron chi connectivity index (χ2n) is 6.09. The highest BCUT2D eigenvalue weighted by molar-refractivity contribution is 5.94. The summed E-state index contributed by atoms with van der Waals surface area (Å²) in [4.78, 5) is 19.1. The molecule has 0 saturated carbocycles. The number of carbonyl (C=O) groups is 1. The van der Waals surface area contributed by atoms with Gasteiger partial charge in [-0.05, 0) is 49.2 Å². The van der Waals surface area contributed by atoms with Gasteiger partial charge < -0.3 is 14.6 Å². The van der Waals surface area contributed by atoms with Crippen LogP contribution in [0.3, 0.4) is 0 Å². The average molecular weight is 320 g/mol. The molecule has 0 atom stereocenters. The molecule has 1 fully saturated rings. The smallest absolute Gasteiger partial charge is 0.251 e. The van der Waals surface area contributed by atoms with Gasteiger partial charge in [0.1, 0.15) is 5.82 Å². The summed E-state index contributed by atoms with van der Waals surface area (Å²) in [5.41, 5.74) is 2.90. The maximum absolute atomic E-state index is 12.3. The van der Waals surface area contributed by atoms with Crippen molar-refractivity contribution in [3.05, 3.63) is 66.2 Å². The van der Waals surface area contributed by atoms with E-state index in [0.29, 0.717) is 12.1 Å². The number of nitrogens with zero attached hydrogens (tertiary/aromatic N) is 3. The SMILES string of the molecule is O=C(NCc1ncc2ccccn12)c1ccc(N2CCCC2)cc1. The van der Waals surface area contributed by atoms with E-state index in [1.54, 1.807) is 0 Å². The number of amides is 1. The van der Waals surface area contributed by atoms with Crippen LogP contribution in [0.15, 0.2) is 54.9 Å². The highest BCUT2D eigenvalue weighted by atomic mass is 16.1. The quantitative estimate of drug-likeness (QED) is 0.804. The van der Waals surface area contributed by atoms with Crippen molar-refractivity contribution in [3.8, 4) is 0 Å². The van der Waals surface area contributed by atoms with Crippen molar-refractivity contribution in [1.82, 2.24) is 14.7 Å². The second kappa shape index (κ2) is 6.35. The lowest BCUT2D eigenvalue weighted by molar-refractivity contribution is 0.0950. The lowest BCUT2D eigenvalue weighted by Crippen LogP contribution is -2.24. The lowest BCUT2D eigenvalue weighted by Gasteiger charge is -2.17. The molecule has 1 N–H and O–H groups in total. The number of aromatic nitrogens is 2. The first-order chi connectivity index (χ1) is 11.8. The van der Waals surface area contributed by atoms with Gasteiger partial charge in [-0.2, -0.15) is 0 Å². The van der Waals surface area contributed by atoms with Crippen LogP contribution >= 0.6 is 0 Å². The summed E-state index contributed by atoms with van der Waals surface area (Å²) in [6.07, 6.45) is 6.27. The Kier molecular flexibility index (Phi) is 3.91. The third-order valence-corrected chi connectivity index (χ3v) is 4.52. The molecule has 1 aromatic carbocycles. The average Bonchev–Trinajstić information content (AvgIpc) is 3.30. The van der Waals surface area contributed by atoms with Crippen LogP contribution in [0.4, 0.5) is 5.69 Å². The van der Waals surface area contributed by atoms with Gasteiger partial charge in [0.2, 0.25) is 0 Å². The first-order valence-corrected chi connectivity index (χ1v) is 8.35. The van der Waals surface area contributed by atoms with E-state index in [2.05, 4.69) is 15.2 Å². The highest BCUT2D eigenvalue weighted by Crippen LogP contribution is 2.20. The molecular weight excluding hydrogens is 300 g/mol. The van der Waals surface area contributed by atoms with Crippen molar-refractivity contribution in [1.29, 1.82) is 0 Å². The van der Waals surface area contributed by atoms with Crippen LogP contribution in [0.1, 0.15) is 29.0 Å². The Bertz CT molecular complexity index is 847. The molecule has 1 aliphatic heterocycles. The van der Waals surface area contributed by atoms with Crippen molar-refractivity contribution >= 4 is 17.1 Å². The molecule has 122 valence electrons. The molecule has 0 aliphatic carbocycles. The van der Waals surface area contributed by atoms with E-state index in [4.69, 9.17) is 0 Å². The normalized spacial score (nSPS) is 14.2. The Morgan fingerprint density at radius 1 is 1.08 bits per heavy atom. The van der Waals surface area contributed by atoms with E-state index >= 15 is 0 Å². The molecule has 4 rings (SSSR count). The predicted octanol–water partition coefficient (Wildman–Crippen LogP) is 2.86. The lowest BCUT2D eigenvalue weighted by atomic mass is 10.2. The molecular formula is C19H20N4O. The molecule has 5 nitrogen and oxygen atoms in total. The Hall–Kier alpha value is -2.82. The van der Waals surface area contributed by atoms with Crippen molar-refractivity contribution in [2.45, 2.75) is 19.4 Å². The third kappa shape index (κ3) is 2.85. The molecule has 0 spiro atoms. The van der Waals surface area contributed by atoms with Gasteiger partial charge in [-0.15, -0.1) is 0 Å². The fourth-order valence-corrected chi connectivity index (χ4v) is 3.19. The van der Waals surface area contributed by atoms with Crippen LogP contribution in [0.5, 0.6) is 0 Å². The zero-order valence-electron chi connectivity index (χ0n) is 13.5. The van der Waals surface area contributed by atoms with Crippen LogP contribution in [-0.2, 0) is 6.54 Å². The van der Waals surface area contributed by atoms with E-state index in [1.807, 2.05) is 59.3 Å². The van der Waals surface area contributed by atoms with E-state index in [1.165, 1.54) is 18.5 Å². The number of pyridine rings is 1. The summed E-state index contributed by atoms with van der Waals surface area (Å²) < 4.78 is 1.98. The van der Waals surface area contributed by atoms with Gasteiger partial charge in [-0.25, -0.2) is 4.98 Å². The van der Waals surface area contributed by atoms with Crippen LogP contribution in [0.2, 0.25) is 0 Å². The van der Waals surface area contributed by atoms with E-state index < -0.39 is 0 Å². The summed E-state index contributed by atoms with van der Waals surface area (Å²) in [5, 5.41) is 2.95. The Morgan fingerprint density at radius 2 is 1.88 bits per heavy atom. The Balaban J connectivity index is 1.42. The van der Waals surface area contributed by atoms with Crippen molar-refractivity contribution < 1.29 is 4.79 Å². The minimum Gasteiger partial charge on any atom is -0.372 e. The number of anilines is 1. The number of carbonyl (C=O) groups excluding carboxylic acids is 1. The van der Waals surface area contributed by atoms with E-state index in [9.17, 15) is 4.79 Å². The van der Waals surface area contributed by atoms with Crippen molar-refractivity contribution in [2.75, 3.05) is 18.0 Å². The minimum absolute atomic E-state index is 0.0735. The number of hydrogen-bond acceptors (Lipinski definition) is 3. The van der Waals surface area contributed by atoms with Crippen molar-refractivity contribution in [3.63, 3.8) is 0 Å². The van der Waals surface area contributed by atoms with Gasteiger partial charge in [0.05, 0.1) is 18.3 Å². The van der Waals surface area contributed by atoms with Crippen LogP contribution in [0.25, 0.3) is 5.52 Å². The Labute approximate surface area is 140 Å². The molecule has 3 aromatic rings. The highest BCUT2D eigenvalue weighted by Gasteiger charge is 2.13. The van der Waals surface area contributed by atoms with Crippen LogP contribution in [0, 0.1) is 0 Å². The van der Waals surface area contributed by atoms with Crippen LogP contribution in [-0.4, -0.2) is 28.4 Å². The minimum atomic E-state index is -0.0735. The van der Waals surface area contributed by atoms with Gasteiger partial charge in [-0.3, -0.25) is 4.79 Å². The Morgan fingerprint density at radius 3 is 2.67 bits per heavy atom. The van der Waals surface area contributed by atoms with Gasteiger partial charge in [0.25, 0.3) is 5.91 Å². The van der Waals surface area contributed by atoms with E-state index in [0.717, 1.165) is 24.4 Å². The fraction of sp³-hybridized carbons (Fsp3) is 0.263. The van der Waals surface area contributed by atoms with Gasteiger partial charge >= 0.3 is 0 Å². The summed E-state index contributed by atoms with van der Waals surface area (Å²) in [6.45, 7) is 2.63. The number of hydrogen-bond donors (Lipinski definition) is 1. The topological polar surface area (TPSA) is 49.6 Å². The first kappa shape index (κ1) is 14.8. The molecule has 1 saturated heterocycles. The summed E-state index contributed by atoms with van der Waals surface area (Å²) >= 11 is 0. The molecule has 0 bridgehead atoms. The third-order valence-electron chi connectivity index (χ3n) is 4.52. The molecule has 1 amide bonds. The molecule has 1 aliphatic rings. The monoisotopic (exact) mass is 320 g/mol. The van der Waals surface area contributed by atoms with E-state index in [-0.39, 0.29) is 5.91 Å². The summed E-state index contributed by atoms with van der Waals surface area (Å²) in [5.74, 6) is 0.753. The molecule has 5 heteroatoms. The maximum atomic E-state index is 12.3. The zero-order chi connectivity index (χ0) is 16.4. The molecule has 0 unspecified atom stereocenters. The second-order valence-corrected chi connectivity index (χ2v) is 6.09. The first-order valence-electron chi connectivity index (χ1n) is 8.35. The molecule has 3 heterocycles. The standard InChI is InChI=1S/C19H20N4O/c24-19(15-6-8-16(9-7-15)22-10-3-4-11-22)21-14-18-20-13-17-5-1-2-12-23(17)18/h1-2,5-9,12-13H,3-4,10-11,14H2,(H,21,24). The number of nitrogens with one attached hydrogen (secondary N) is 1. The van der Waals surface area contributed by atoms with Gasteiger partial charge in [-0.1, -0.05) is 6.07 Å². The maximum Gasteiger partial charge on any atom is 0.251 e. The van der Waals surface area contributed by atoms with Crippen LogP contribution < -0.4 is 10.2 Å². The number of fused-ring (bicyclic) bond motifs is 1. The molecule has 0 radical (unpaired) electrons. The predicted molar refractivity (Wildman–Crippen MR) is 94.3 cm³/mol. The number of rotatable bonds is 4. The fourth-order valence-electron chi connectivity index (χ4n) is 3.19. The zero-order valence-corrected chi connectivity index (χ0v) is 13.5. The van der Waals surface area contributed by atoms with Gasteiger partial charge in [0, 0.05) is 30.5 Å². The molecule has 24 heavy (non-hydrogen) atoms. The number of imidazole rings is 1. The largest absolute Gasteiger partial charge is 0.372 e.